The van der Waals surface area contributed by atoms with Crippen molar-refractivity contribution in [2.24, 2.45) is 17.3 Å². The van der Waals surface area contributed by atoms with Crippen LogP contribution in [0.25, 0.3) is 0 Å². The molecular formula is C28H39NO4. The van der Waals surface area contributed by atoms with Crippen LogP contribution >= 0.6 is 0 Å². The molecule has 3 saturated carbocycles. The van der Waals surface area contributed by atoms with Gasteiger partial charge in [0.25, 0.3) is 0 Å². The summed E-state index contributed by atoms with van der Waals surface area (Å²) in [6, 6.07) is 8.83. The predicted molar refractivity (Wildman–Crippen MR) is 128 cm³/mol. The minimum atomic E-state index is -0.871. The average molecular weight is 454 g/mol. The Bertz CT molecular complexity index is 949. The Labute approximate surface area is 197 Å². The minimum absolute atomic E-state index is 0.0284. The highest BCUT2D eigenvalue weighted by atomic mass is 16.7. The number of nitrogens with zero attached hydrogens (tertiary/aromatic N) is 1. The van der Waals surface area contributed by atoms with Crippen LogP contribution in [0.4, 0.5) is 5.69 Å². The van der Waals surface area contributed by atoms with Gasteiger partial charge in [0.05, 0.1) is 24.9 Å². The van der Waals surface area contributed by atoms with Gasteiger partial charge in [-0.25, -0.2) is 0 Å². The number of allylic oxidation sites excluding steroid dienone is 1. The van der Waals surface area contributed by atoms with Crippen molar-refractivity contribution in [2.75, 3.05) is 32.2 Å². The third-order valence-corrected chi connectivity index (χ3v) is 9.99. The van der Waals surface area contributed by atoms with Crippen LogP contribution < -0.4 is 4.90 Å². The fraction of sp³-hybridized carbons (Fsp3) is 0.714. The molecule has 0 bridgehead atoms. The van der Waals surface area contributed by atoms with Gasteiger partial charge in [-0.05, 0) is 79.0 Å². The van der Waals surface area contributed by atoms with E-state index in [9.17, 15) is 10.2 Å². The summed E-state index contributed by atoms with van der Waals surface area (Å²) in [5.41, 5.74) is 4.35. The van der Waals surface area contributed by atoms with Crippen LogP contribution in [0.15, 0.2) is 35.4 Å². The Hall–Kier alpha value is -1.40. The highest BCUT2D eigenvalue weighted by Crippen LogP contribution is 2.64. The third-order valence-electron chi connectivity index (χ3n) is 9.99. The summed E-state index contributed by atoms with van der Waals surface area (Å²) in [4.78, 5) is 2.12. The Balaban J connectivity index is 1.46. The average Bonchev–Trinajstić information content (AvgIpc) is 3.36. The topological polar surface area (TPSA) is 62.2 Å². The van der Waals surface area contributed by atoms with Crippen LogP contribution in [-0.2, 0) is 9.47 Å². The van der Waals surface area contributed by atoms with Crippen molar-refractivity contribution in [1.82, 2.24) is 0 Å². The summed E-state index contributed by atoms with van der Waals surface area (Å²) in [6.45, 7) is 3.52. The standard InChI is InChI=1S/C28H39NO4/c1-26-12-10-21-20(23(26)8-9-24(26)30)11-13-27(31)17-28(32-14-15-33-28)16-22(25(21)27)18-4-6-19(7-5-18)29(2)3/h4-7,20,22-24,30-31H,8-17H2,1-3H3. The van der Waals surface area contributed by atoms with E-state index in [-0.39, 0.29) is 17.4 Å². The lowest BCUT2D eigenvalue weighted by Crippen LogP contribution is -2.54. The molecule has 1 heterocycles. The smallest absolute Gasteiger partial charge is 0.172 e. The van der Waals surface area contributed by atoms with Gasteiger partial charge >= 0.3 is 0 Å². The molecule has 1 saturated heterocycles. The van der Waals surface area contributed by atoms with Crippen LogP contribution in [0.5, 0.6) is 0 Å². The first-order chi connectivity index (χ1) is 15.7. The molecule has 4 fully saturated rings. The number of ether oxygens (including phenoxy) is 2. The molecule has 5 nitrogen and oxygen atoms in total. The number of aliphatic hydroxyl groups is 2. The van der Waals surface area contributed by atoms with Crippen LogP contribution in [0.2, 0.25) is 0 Å². The molecule has 1 spiro atoms. The van der Waals surface area contributed by atoms with E-state index in [0.29, 0.717) is 31.5 Å². The molecule has 0 radical (unpaired) electrons. The van der Waals surface area contributed by atoms with Crippen LogP contribution in [0, 0.1) is 17.3 Å². The Morgan fingerprint density at radius 1 is 1.00 bits per heavy atom. The van der Waals surface area contributed by atoms with Gasteiger partial charge in [-0.3, -0.25) is 0 Å². The molecule has 1 aliphatic heterocycles. The summed E-state index contributed by atoms with van der Waals surface area (Å²) in [6.07, 6.45) is 6.95. The quantitative estimate of drug-likeness (QED) is 0.651. The monoisotopic (exact) mass is 453 g/mol. The molecule has 1 aromatic rings. The molecule has 5 aliphatic rings. The highest BCUT2D eigenvalue weighted by Gasteiger charge is 2.60. The van der Waals surface area contributed by atoms with Crippen molar-refractivity contribution in [1.29, 1.82) is 0 Å². The molecule has 6 unspecified atom stereocenters. The number of hydrogen-bond acceptors (Lipinski definition) is 5. The molecular weight excluding hydrogens is 414 g/mol. The summed E-state index contributed by atoms with van der Waals surface area (Å²) in [5.74, 6) is 0.439. The lowest BCUT2D eigenvalue weighted by molar-refractivity contribution is -0.211. The number of fused-ring (bicyclic) bond motifs is 4. The summed E-state index contributed by atoms with van der Waals surface area (Å²) < 4.78 is 12.4. The predicted octanol–water partition coefficient (Wildman–Crippen LogP) is 4.38. The van der Waals surface area contributed by atoms with E-state index in [4.69, 9.17) is 9.47 Å². The van der Waals surface area contributed by atoms with E-state index >= 15 is 0 Å². The lowest BCUT2D eigenvalue weighted by Gasteiger charge is -2.55. The van der Waals surface area contributed by atoms with Gasteiger partial charge in [-0.1, -0.05) is 24.6 Å². The van der Waals surface area contributed by atoms with Gasteiger partial charge in [0.2, 0.25) is 0 Å². The van der Waals surface area contributed by atoms with Crippen molar-refractivity contribution < 1.29 is 19.7 Å². The third kappa shape index (κ3) is 3.26. The number of anilines is 1. The summed E-state index contributed by atoms with van der Waals surface area (Å²) >= 11 is 0. The maximum atomic E-state index is 12.2. The van der Waals surface area contributed by atoms with Crippen LogP contribution in [-0.4, -0.2) is 55.0 Å². The Kier molecular flexibility index (Phi) is 5.05. The molecule has 4 aliphatic carbocycles. The zero-order valence-corrected chi connectivity index (χ0v) is 20.3. The molecule has 5 heteroatoms. The van der Waals surface area contributed by atoms with E-state index in [0.717, 1.165) is 44.9 Å². The Morgan fingerprint density at radius 2 is 1.73 bits per heavy atom. The van der Waals surface area contributed by atoms with Crippen molar-refractivity contribution in [3.8, 4) is 0 Å². The molecule has 0 aromatic heterocycles. The molecule has 6 atom stereocenters. The summed E-state index contributed by atoms with van der Waals surface area (Å²) in [7, 11) is 4.13. The molecule has 33 heavy (non-hydrogen) atoms. The fourth-order valence-electron chi connectivity index (χ4n) is 8.30. The second-order valence-electron chi connectivity index (χ2n) is 11.8. The first kappa shape index (κ1) is 22.1. The molecule has 0 amide bonds. The van der Waals surface area contributed by atoms with E-state index < -0.39 is 11.4 Å². The Morgan fingerprint density at radius 3 is 2.42 bits per heavy atom. The second kappa shape index (κ2) is 7.55. The number of rotatable bonds is 2. The van der Waals surface area contributed by atoms with E-state index in [1.807, 2.05) is 0 Å². The van der Waals surface area contributed by atoms with Gasteiger partial charge in [0, 0.05) is 38.5 Å². The van der Waals surface area contributed by atoms with Gasteiger partial charge in [-0.15, -0.1) is 0 Å². The van der Waals surface area contributed by atoms with Crippen molar-refractivity contribution >= 4 is 5.69 Å². The fourth-order valence-corrected chi connectivity index (χ4v) is 8.30. The van der Waals surface area contributed by atoms with Crippen molar-refractivity contribution in [2.45, 2.75) is 81.7 Å². The van der Waals surface area contributed by atoms with Crippen LogP contribution in [0.1, 0.15) is 69.8 Å². The van der Waals surface area contributed by atoms with Gasteiger partial charge in [-0.2, -0.15) is 0 Å². The second-order valence-corrected chi connectivity index (χ2v) is 11.8. The molecule has 180 valence electrons. The molecule has 6 rings (SSSR count). The number of hydrogen-bond donors (Lipinski definition) is 2. The largest absolute Gasteiger partial charge is 0.393 e. The van der Waals surface area contributed by atoms with E-state index in [1.54, 1.807) is 0 Å². The number of aliphatic hydroxyl groups excluding tert-OH is 1. The van der Waals surface area contributed by atoms with Gasteiger partial charge in [0.15, 0.2) is 5.79 Å². The van der Waals surface area contributed by atoms with Crippen molar-refractivity contribution in [3.63, 3.8) is 0 Å². The zero-order chi connectivity index (χ0) is 23.0. The van der Waals surface area contributed by atoms with Gasteiger partial charge < -0.3 is 24.6 Å². The highest BCUT2D eigenvalue weighted by molar-refractivity contribution is 5.50. The van der Waals surface area contributed by atoms with E-state index in [1.165, 1.54) is 22.4 Å². The lowest BCUT2D eigenvalue weighted by atomic mass is 9.53. The zero-order valence-electron chi connectivity index (χ0n) is 20.3. The first-order valence-corrected chi connectivity index (χ1v) is 12.9. The van der Waals surface area contributed by atoms with Crippen molar-refractivity contribution in [3.05, 3.63) is 41.0 Å². The first-order valence-electron chi connectivity index (χ1n) is 12.9. The van der Waals surface area contributed by atoms with Gasteiger partial charge in [0.1, 0.15) is 0 Å². The molecule has 2 N–H and O–H groups in total. The molecule has 1 aromatic carbocycles. The summed E-state index contributed by atoms with van der Waals surface area (Å²) in [5, 5.41) is 23.0. The van der Waals surface area contributed by atoms with E-state index in [2.05, 4.69) is 50.2 Å². The maximum Gasteiger partial charge on any atom is 0.172 e. The SMILES string of the molecule is CN(C)c1ccc(C2CC3(CC4(O)CCC5C(=C24)CCC2(C)C(O)CCC52)OCCO3)cc1. The number of benzene rings is 1. The normalized spacial score (nSPS) is 41.6. The minimum Gasteiger partial charge on any atom is -0.393 e. The maximum absolute atomic E-state index is 12.2. The van der Waals surface area contributed by atoms with Crippen LogP contribution in [0.3, 0.4) is 0 Å².